The summed E-state index contributed by atoms with van der Waals surface area (Å²) in [5.74, 6) is 3.24. The lowest BCUT2D eigenvalue weighted by atomic mass is 10.3. The molecule has 0 bridgehead atoms. The Labute approximate surface area is 127 Å². The SMILES string of the molecule is Cc1ccc(Cn2c(CCCl)nc3cccc(Cl)c32)o1. The molecule has 3 aromatic rings. The predicted octanol–water partition coefficient (Wildman–Crippen LogP) is 4.42. The Bertz CT molecular complexity index is 745. The van der Waals surface area contributed by atoms with Gasteiger partial charge in [0.05, 0.1) is 22.6 Å². The lowest BCUT2D eigenvalue weighted by molar-refractivity contribution is 0.469. The van der Waals surface area contributed by atoms with E-state index in [9.17, 15) is 0 Å². The summed E-state index contributed by atoms with van der Waals surface area (Å²) in [5.41, 5.74) is 1.82. The topological polar surface area (TPSA) is 31.0 Å². The molecule has 1 aromatic carbocycles. The van der Waals surface area contributed by atoms with E-state index in [2.05, 4.69) is 9.55 Å². The van der Waals surface area contributed by atoms with Crippen LogP contribution in [0.4, 0.5) is 0 Å². The van der Waals surface area contributed by atoms with Gasteiger partial charge in [0.25, 0.3) is 0 Å². The molecule has 0 atom stereocenters. The number of benzene rings is 1. The molecule has 0 saturated heterocycles. The van der Waals surface area contributed by atoms with E-state index >= 15 is 0 Å². The van der Waals surface area contributed by atoms with Gasteiger partial charge in [0.2, 0.25) is 0 Å². The van der Waals surface area contributed by atoms with Gasteiger partial charge >= 0.3 is 0 Å². The zero-order valence-corrected chi connectivity index (χ0v) is 12.6. The molecule has 0 radical (unpaired) electrons. The Morgan fingerprint density at radius 2 is 2.10 bits per heavy atom. The van der Waals surface area contributed by atoms with Gasteiger partial charge in [0.1, 0.15) is 17.3 Å². The Hall–Kier alpha value is -1.45. The highest BCUT2D eigenvalue weighted by Gasteiger charge is 2.14. The van der Waals surface area contributed by atoms with Gasteiger partial charge in [-0.3, -0.25) is 0 Å². The molecule has 2 aromatic heterocycles. The molecular formula is C15H14Cl2N2O. The molecule has 3 rings (SSSR count). The van der Waals surface area contributed by atoms with Crippen LogP contribution in [0.15, 0.2) is 34.7 Å². The minimum absolute atomic E-state index is 0.526. The van der Waals surface area contributed by atoms with Gasteiger partial charge in [0.15, 0.2) is 0 Å². The van der Waals surface area contributed by atoms with Crippen LogP contribution < -0.4 is 0 Å². The van der Waals surface area contributed by atoms with Crippen molar-refractivity contribution in [2.24, 2.45) is 0 Å². The van der Waals surface area contributed by atoms with E-state index in [4.69, 9.17) is 27.6 Å². The Balaban J connectivity index is 2.12. The smallest absolute Gasteiger partial charge is 0.123 e. The predicted molar refractivity (Wildman–Crippen MR) is 81.7 cm³/mol. The highest BCUT2D eigenvalue weighted by Crippen LogP contribution is 2.26. The maximum atomic E-state index is 6.32. The largest absolute Gasteiger partial charge is 0.464 e. The van der Waals surface area contributed by atoms with Crippen LogP contribution in [0.25, 0.3) is 11.0 Å². The molecule has 0 fully saturated rings. The highest BCUT2D eigenvalue weighted by molar-refractivity contribution is 6.35. The minimum Gasteiger partial charge on any atom is -0.464 e. The Kier molecular flexibility index (Phi) is 3.72. The molecule has 2 heterocycles. The van der Waals surface area contributed by atoms with Crippen LogP contribution in [0, 0.1) is 6.92 Å². The molecule has 3 nitrogen and oxygen atoms in total. The molecule has 0 N–H and O–H groups in total. The van der Waals surface area contributed by atoms with E-state index in [1.54, 1.807) is 0 Å². The number of rotatable bonds is 4. The number of nitrogens with zero attached hydrogens (tertiary/aromatic N) is 2. The molecule has 0 unspecified atom stereocenters. The lowest BCUT2D eigenvalue weighted by Gasteiger charge is -2.07. The first kappa shape index (κ1) is 13.5. The van der Waals surface area contributed by atoms with E-state index in [0.717, 1.165) is 28.4 Å². The quantitative estimate of drug-likeness (QED) is 0.668. The Morgan fingerprint density at radius 3 is 2.80 bits per heavy atom. The molecule has 0 saturated carbocycles. The van der Waals surface area contributed by atoms with E-state index in [1.165, 1.54) is 0 Å². The van der Waals surface area contributed by atoms with Gasteiger partial charge in [-0.25, -0.2) is 4.98 Å². The van der Waals surface area contributed by atoms with Crippen LogP contribution in [0.3, 0.4) is 0 Å². The van der Waals surface area contributed by atoms with Crippen molar-refractivity contribution in [2.45, 2.75) is 19.9 Å². The number of aryl methyl sites for hydroxylation is 2. The first-order valence-corrected chi connectivity index (χ1v) is 7.35. The van der Waals surface area contributed by atoms with E-state index in [1.807, 2.05) is 37.3 Å². The molecule has 104 valence electrons. The number of hydrogen-bond donors (Lipinski definition) is 0. The van der Waals surface area contributed by atoms with Gasteiger partial charge in [-0.05, 0) is 31.2 Å². The summed E-state index contributed by atoms with van der Waals surface area (Å²) in [6.07, 6.45) is 0.701. The monoisotopic (exact) mass is 308 g/mol. The van der Waals surface area contributed by atoms with Crippen LogP contribution >= 0.6 is 23.2 Å². The van der Waals surface area contributed by atoms with Crippen molar-refractivity contribution < 1.29 is 4.42 Å². The summed E-state index contributed by atoms with van der Waals surface area (Å²) in [4.78, 5) is 4.62. The van der Waals surface area contributed by atoms with Crippen LogP contribution in [0.2, 0.25) is 5.02 Å². The van der Waals surface area contributed by atoms with Crippen molar-refractivity contribution in [2.75, 3.05) is 5.88 Å². The zero-order valence-electron chi connectivity index (χ0n) is 11.1. The summed E-state index contributed by atoms with van der Waals surface area (Å²) < 4.78 is 7.74. The summed E-state index contributed by atoms with van der Waals surface area (Å²) >= 11 is 12.2. The summed E-state index contributed by atoms with van der Waals surface area (Å²) in [6.45, 7) is 2.54. The molecule has 20 heavy (non-hydrogen) atoms. The minimum atomic E-state index is 0.526. The standard InChI is InChI=1S/C15H14Cl2N2O/c1-10-5-6-11(20-10)9-19-14(7-8-16)18-13-4-2-3-12(17)15(13)19/h2-6H,7-9H2,1H3. The fraction of sp³-hybridized carbons (Fsp3) is 0.267. The van der Waals surface area contributed by atoms with Crippen LogP contribution in [0.1, 0.15) is 17.3 Å². The highest BCUT2D eigenvalue weighted by atomic mass is 35.5. The number of para-hydroxylation sites is 1. The summed E-state index contributed by atoms with van der Waals surface area (Å²) in [7, 11) is 0. The number of aromatic nitrogens is 2. The molecule has 0 aliphatic heterocycles. The summed E-state index contributed by atoms with van der Waals surface area (Å²) in [5, 5.41) is 0.694. The van der Waals surface area contributed by atoms with Gasteiger partial charge in [-0.15, -0.1) is 11.6 Å². The van der Waals surface area contributed by atoms with E-state index in [-0.39, 0.29) is 0 Å². The van der Waals surface area contributed by atoms with Crippen molar-refractivity contribution in [1.29, 1.82) is 0 Å². The fourth-order valence-corrected chi connectivity index (χ4v) is 2.80. The lowest BCUT2D eigenvalue weighted by Crippen LogP contribution is -2.05. The van der Waals surface area contributed by atoms with Crippen molar-refractivity contribution in [1.82, 2.24) is 9.55 Å². The van der Waals surface area contributed by atoms with Crippen LogP contribution in [0.5, 0.6) is 0 Å². The third-order valence-corrected chi connectivity index (χ3v) is 3.72. The van der Waals surface area contributed by atoms with Gasteiger partial charge in [-0.2, -0.15) is 0 Å². The number of fused-ring (bicyclic) bond motifs is 1. The van der Waals surface area contributed by atoms with Crippen molar-refractivity contribution in [3.05, 3.63) is 52.7 Å². The molecular weight excluding hydrogens is 295 g/mol. The summed E-state index contributed by atoms with van der Waals surface area (Å²) in [6, 6.07) is 9.67. The molecule has 0 aliphatic carbocycles. The van der Waals surface area contributed by atoms with Crippen molar-refractivity contribution in [3.63, 3.8) is 0 Å². The van der Waals surface area contributed by atoms with Gasteiger partial charge < -0.3 is 8.98 Å². The second-order valence-electron chi connectivity index (χ2n) is 4.67. The van der Waals surface area contributed by atoms with Crippen molar-refractivity contribution in [3.8, 4) is 0 Å². The third kappa shape index (κ3) is 2.43. The fourth-order valence-electron chi connectivity index (χ4n) is 2.36. The number of halogens is 2. The molecule has 0 amide bonds. The molecule has 5 heteroatoms. The van der Waals surface area contributed by atoms with Crippen LogP contribution in [-0.2, 0) is 13.0 Å². The second kappa shape index (κ2) is 5.51. The first-order valence-electron chi connectivity index (χ1n) is 6.44. The number of imidazole rings is 1. The third-order valence-electron chi connectivity index (χ3n) is 3.22. The van der Waals surface area contributed by atoms with Gasteiger partial charge in [0, 0.05) is 12.3 Å². The number of hydrogen-bond acceptors (Lipinski definition) is 2. The normalized spacial score (nSPS) is 11.3. The number of furan rings is 1. The van der Waals surface area contributed by atoms with Crippen LogP contribution in [-0.4, -0.2) is 15.4 Å². The average molecular weight is 309 g/mol. The second-order valence-corrected chi connectivity index (χ2v) is 5.46. The van der Waals surface area contributed by atoms with Gasteiger partial charge in [-0.1, -0.05) is 17.7 Å². The molecule has 0 spiro atoms. The maximum absolute atomic E-state index is 6.32. The van der Waals surface area contributed by atoms with Crippen molar-refractivity contribution >= 4 is 34.2 Å². The number of alkyl halides is 1. The maximum Gasteiger partial charge on any atom is 0.123 e. The van der Waals surface area contributed by atoms with E-state index in [0.29, 0.717) is 23.9 Å². The Morgan fingerprint density at radius 1 is 1.25 bits per heavy atom. The molecule has 0 aliphatic rings. The first-order chi connectivity index (χ1) is 9.69. The zero-order chi connectivity index (χ0) is 14.1. The van der Waals surface area contributed by atoms with E-state index < -0.39 is 0 Å². The average Bonchev–Trinajstić information content (AvgIpc) is 2.96.